The topological polar surface area (TPSA) is 214 Å². The van der Waals surface area contributed by atoms with Gasteiger partial charge in [0, 0.05) is 6.42 Å². The molecule has 0 aliphatic carbocycles. The first-order chi connectivity index (χ1) is 14.0. The Labute approximate surface area is 172 Å². The van der Waals surface area contributed by atoms with Crippen molar-refractivity contribution in [2.45, 2.75) is 37.9 Å². The number of nitrogens with two attached hydrogens (primary N) is 2. The first-order valence-electron chi connectivity index (χ1n) is 8.91. The number of hydrogen-bond acceptors (Lipinski definition) is 7. The third-order valence-electron chi connectivity index (χ3n) is 3.88. The highest BCUT2D eigenvalue weighted by molar-refractivity contribution is 5.94. The fraction of sp³-hybridized carbons (Fsp3) is 0.389. The van der Waals surface area contributed by atoms with E-state index in [9.17, 15) is 34.2 Å². The van der Waals surface area contributed by atoms with Crippen LogP contribution < -0.4 is 27.4 Å². The SMILES string of the molecule is CC(N)C(=O)NCC(=O)NC(CC(N)=O)C(=O)NC(Cc1ccc(O)cc1)C(=O)O. The second-order valence-corrected chi connectivity index (χ2v) is 6.57. The zero-order chi connectivity index (χ0) is 22.8. The molecule has 1 aromatic carbocycles. The highest BCUT2D eigenvalue weighted by Crippen LogP contribution is 2.11. The molecule has 0 aliphatic heterocycles. The molecule has 3 atom stereocenters. The van der Waals surface area contributed by atoms with Gasteiger partial charge in [-0.2, -0.15) is 0 Å². The number of carboxylic acids is 1. The minimum Gasteiger partial charge on any atom is -0.508 e. The molecule has 0 saturated carbocycles. The van der Waals surface area contributed by atoms with E-state index in [0.29, 0.717) is 5.56 Å². The molecule has 0 fully saturated rings. The van der Waals surface area contributed by atoms with Gasteiger partial charge in [0.2, 0.25) is 23.6 Å². The Balaban J connectivity index is 2.80. The van der Waals surface area contributed by atoms with Gasteiger partial charge < -0.3 is 37.6 Å². The van der Waals surface area contributed by atoms with Crippen LogP contribution in [0.15, 0.2) is 24.3 Å². The van der Waals surface area contributed by atoms with Crippen molar-refractivity contribution in [1.29, 1.82) is 0 Å². The number of carbonyl (C=O) groups excluding carboxylic acids is 4. The smallest absolute Gasteiger partial charge is 0.326 e. The number of carbonyl (C=O) groups is 5. The van der Waals surface area contributed by atoms with Crippen molar-refractivity contribution >= 4 is 29.6 Å². The van der Waals surface area contributed by atoms with Gasteiger partial charge in [0.25, 0.3) is 0 Å². The molecule has 9 N–H and O–H groups in total. The summed E-state index contributed by atoms with van der Waals surface area (Å²) in [6, 6.07) is 2.04. The summed E-state index contributed by atoms with van der Waals surface area (Å²) < 4.78 is 0. The average Bonchev–Trinajstić information content (AvgIpc) is 2.66. The Kier molecular flexibility index (Phi) is 9.23. The molecule has 3 unspecified atom stereocenters. The normalized spacial score (nSPS) is 13.4. The summed E-state index contributed by atoms with van der Waals surface area (Å²) in [5.41, 5.74) is 11.0. The van der Waals surface area contributed by atoms with Crippen molar-refractivity contribution in [3.05, 3.63) is 29.8 Å². The zero-order valence-electron chi connectivity index (χ0n) is 16.3. The van der Waals surface area contributed by atoms with Gasteiger partial charge in [-0.15, -0.1) is 0 Å². The standard InChI is InChI=1S/C18H25N5O7/c1-9(19)16(27)21-8-15(26)22-12(7-14(20)25)17(28)23-13(18(29)30)6-10-2-4-11(24)5-3-10/h2-5,9,12-13,24H,6-8,19H2,1H3,(H2,20,25)(H,21,27)(H,22,26)(H,23,28)(H,29,30). The Morgan fingerprint density at radius 2 is 1.60 bits per heavy atom. The number of primary amides is 1. The molecule has 0 spiro atoms. The van der Waals surface area contributed by atoms with Crippen LogP contribution in [-0.2, 0) is 30.4 Å². The van der Waals surface area contributed by atoms with Gasteiger partial charge in [0.1, 0.15) is 17.8 Å². The molecule has 0 saturated heterocycles. The van der Waals surface area contributed by atoms with Crippen LogP contribution in [0.3, 0.4) is 0 Å². The Morgan fingerprint density at radius 3 is 2.10 bits per heavy atom. The molecule has 1 aromatic rings. The number of aromatic hydroxyl groups is 1. The van der Waals surface area contributed by atoms with Gasteiger partial charge in [0.15, 0.2) is 0 Å². The second-order valence-electron chi connectivity index (χ2n) is 6.57. The molecule has 12 nitrogen and oxygen atoms in total. The van der Waals surface area contributed by atoms with Gasteiger partial charge in [-0.3, -0.25) is 19.2 Å². The summed E-state index contributed by atoms with van der Waals surface area (Å²) in [7, 11) is 0. The van der Waals surface area contributed by atoms with Crippen molar-refractivity contribution in [3.8, 4) is 5.75 Å². The van der Waals surface area contributed by atoms with Crippen LogP contribution in [0.2, 0.25) is 0 Å². The predicted molar refractivity (Wildman–Crippen MR) is 104 cm³/mol. The lowest BCUT2D eigenvalue weighted by Crippen LogP contribution is -2.55. The van der Waals surface area contributed by atoms with Gasteiger partial charge >= 0.3 is 5.97 Å². The minimum absolute atomic E-state index is 0.00462. The number of aliphatic carboxylic acids is 1. The van der Waals surface area contributed by atoms with Crippen molar-refractivity contribution < 1.29 is 34.2 Å². The van der Waals surface area contributed by atoms with Gasteiger partial charge in [-0.1, -0.05) is 12.1 Å². The van der Waals surface area contributed by atoms with Crippen molar-refractivity contribution in [3.63, 3.8) is 0 Å². The first kappa shape index (κ1) is 24.4. The molecule has 0 bridgehead atoms. The van der Waals surface area contributed by atoms with Crippen LogP contribution in [0.4, 0.5) is 0 Å². The molecule has 0 radical (unpaired) electrons. The Morgan fingerprint density at radius 1 is 1.00 bits per heavy atom. The first-order valence-corrected chi connectivity index (χ1v) is 8.91. The van der Waals surface area contributed by atoms with E-state index in [1.54, 1.807) is 0 Å². The van der Waals surface area contributed by atoms with E-state index < -0.39 is 60.7 Å². The lowest BCUT2D eigenvalue weighted by Gasteiger charge is -2.21. The molecule has 4 amide bonds. The summed E-state index contributed by atoms with van der Waals surface area (Å²) in [5, 5.41) is 25.4. The molecule has 0 aromatic heterocycles. The Bertz CT molecular complexity index is 795. The fourth-order valence-corrected chi connectivity index (χ4v) is 2.32. The van der Waals surface area contributed by atoms with E-state index in [1.165, 1.54) is 31.2 Å². The van der Waals surface area contributed by atoms with Gasteiger partial charge in [-0.25, -0.2) is 4.79 Å². The maximum absolute atomic E-state index is 12.5. The van der Waals surface area contributed by atoms with Crippen LogP contribution >= 0.6 is 0 Å². The molecular weight excluding hydrogens is 398 g/mol. The predicted octanol–water partition coefficient (Wildman–Crippen LogP) is -2.67. The number of carboxylic acid groups (broad SMARTS) is 1. The number of phenolic OH excluding ortho intramolecular Hbond substituents is 1. The van der Waals surface area contributed by atoms with Crippen molar-refractivity contribution in [2.75, 3.05) is 6.54 Å². The number of nitrogens with one attached hydrogen (secondary N) is 3. The fourth-order valence-electron chi connectivity index (χ4n) is 2.32. The van der Waals surface area contributed by atoms with Crippen LogP contribution in [0.5, 0.6) is 5.75 Å². The van der Waals surface area contributed by atoms with E-state index in [-0.39, 0.29) is 12.2 Å². The largest absolute Gasteiger partial charge is 0.508 e. The lowest BCUT2D eigenvalue weighted by atomic mass is 10.0. The lowest BCUT2D eigenvalue weighted by molar-refractivity contribution is -0.142. The maximum atomic E-state index is 12.5. The van der Waals surface area contributed by atoms with E-state index in [2.05, 4.69) is 16.0 Å². The number of amides is 4. The van der Waals surface area contributed by atoms with Crippen LogP contribution in [-0.4, -0.2) is 64.5 Å². The molecule has 164 valence electrons. The van der Waals surface area contributed by atoms with Crippen LogP contribution in [0, 0.1) is 0 Å². The number of benzene rings is 1. The summed E-state index contributed by atoms with van der Waals surface area (Å²) in [5.74, 6) is -4.58. The van der Waals surface area contributed by atoms with Crippen molar-refractivity contribution in [1.82, 2.24) is 16.0 Å². The molecular formula is C18H25N5O7. The molecule has 30 heavy (non-hydrogen) atoms. The van der Waals surface area contributed by atoms with Gasteiger partial charge in [0.05, 0.1) is 19.0 Å². The maximum Gasteiger partial charge on any atom is 0.326 e. The minimum atomic E-state index is -1.44. The quantitative estimate of drug-likeness (QED) is 0.199. The monoisotopic (exact) mass is 423 g/mol. The van der Waals surface area contributed by atoms with Crippen LogP contribution in [0.25, 0.3) is 0 Å². The van der Waals surface area contributed by atoms with E-state index in [0.717, 1.165) is 0 Å². The number of phenols is 1. The third kappa shape index (κ3) is 8.56. The van der Waals surface area contributed by atoms with E-state index >= 15 is 0 Å². The van der Waals surface area contributed by atoms with Crippen LogP contribution in [0.1, 0.15) is 18.9 Å². The highest BCUT2D eigenvalue weighted by atomic mass is 16.4. The Hall–Kier alpha value is -3.67. The summed E-state index contributed by atoms with van der Waals surface area (Å²) in [4.78, 5) is 58.6. The molecule has 1 rings (SSSR count). The molecule has 12 heteroatoms. The van der Waals surface area contributed by atoms with Crippen molar-refractivity contribution in [2.24, 2.45) is 11.5 Å². The van der Waals surface area contributed by atoms with E-state index in [4.69, 9.17) is 11.5 Å². The molecule has 0 aliphatic rings. The highest BCUT2D eigenvalue weighted by Gasteiger charge is 2.28. The number of rotatable bonds is 11. The average molecular weight is 423 g/mol. The summed E-state index contributed by atoms with van der Waals surface area (Å²) >= 11 is 0. The molecule has 0 heterocycles. The third-order valence-corrected chi connectivity index (χ3v) is 3.88. The summed E-state index contributed by atoms with van der Waals surface area (Å²) in [6.45, 7) is 0.912. The van der Waals surface area contributed by atoms with E-state index in [1.807, 2.05) is 0 Å². The zero-order valence-corrected chi connectivity index (χ0v) is 16.3. The second kappa shape index (κ2) is 11.4. The number of hydrogen-bond donors (Lipinski definition) is 7. The summed E-state index contributed by atoms with van der Waals surface area (Å²) in [6.07, 6.45) is -0.687. The van der Waals surface area contributed by atoms with Gasteiger partial charge in [-0.05, 0) is 24.6 Å².